The van der Waals surface area contributed by atoms with Crippen molar-refractivity contribution in [2.24, 2.45) is 5.10 Å². The lowest BCUT2D eigenvalue weighted by molar-refractivity contribution is 0.0958. The van der Waals surface area contributed by atoms with Crippen molar-refractivity contribution in [3.8, 4) is 27.8 Å². The van der Waals surface area contributed by atoms with Crippen molar-refractivity contribution in [3.05, 3.63) is 58.6 Å². The van der Waals surface area contributed by atoms with Crippen LogP contribution in [0.25, 0.3) is 10.6 Å². The van der Waals surface area contributed by atoms with E-state index in [0.29, 0.717) is 32.6 Å². The fraction of sp³-hybridized carbons (Fsp3) is 0.150. The molecule has 3 aromatic rings. The van der Waals surface area contributed by atoms with Gasteiger partial charge in [0.15, 0.2) is 11.5 Å². The summed E-state index contributed by atoms with van der Waals surface area (Å²) in [4.78, 5) is 17.4. The zero-order chi connectivity index (χ0) is 20.1. The molecule has 2 aromatic carbocycles. The Morgan fingerprint density at radius 2 is 1.93 bits per heavy atom. The van der Waals surface area contributed by atoms with Gasteiger partial charge in [-0.3, -0.25) is 4.79 Å². The van der Waals surface area contributed by atoms with Crippen LogP contribution in [0.3, 0.4) is 0 Å². The van der Waals surface area contributed by atoms with E-state index in [9.17, 15) is 9.90 Å². The molecular formula is C20H19N3O4S. The first kappa shape index (κ1) is 19.4. The molecule has 0 aliphatic rings. The summed E-state index contributed by atoms with van der Waals surface area (Å²) in [5.74, 6) is 0.702. The molecule has 1 heterocycles. The predicted molar refractivity (Wildman–Crippen MR) is 109 cm³/mol. The SMILES string of the molecule is COc1ccc(/C=N/NC(=O)c2sc(-c3ccccc3OC)nc2C)cc1O. The number of nitrogens with one attached hydrogen (secondary N) is 1. The van der Waals surface area contributed by atoms with Crippen LogP contribution in [0.4, 0.5) is 0 Å². The highest BCUT2D eigenvalue weighted by Gasteiger charge is 2.17. The van der Waals surface area contributed by atoms with E-state index in [0.717, 1.165) is 5.56 Å². The van der Waals surface area contributed by atoms with E-state index in [2.05, 4.69) is 15.5 Å². The van der Waals surface area contributed by atoms with Crippen LogP contribution in [0, 0.1) is 6.92 Å². The van der Waals surface area contributed by atoms with E-state index in [4.69, 9.17) is 9.47 Å². The van der Waals surface area contributed by atoms with Gasteiger partial charge < -0.3 is 14.6 Å². The van der Waals surface area contributed by atoms with Crippen molar-refractivity contribution in [2.45, 2.75) is 6.92 Å². The number of para-hydroxylation sites is 1. The number of phenols is 1. The second kappa shape index (κ2) is 8.53. The first-order valence-electron chi connectivity index (χ1n) is 8.34. The second-order valence-corrected chi connectivity index (χ2v) is 6.76. The number of aromatic nitrogens is 1. The van der Waals surface area contributed by atoms with E-state index in [-0.39, 0.29) is 11.7 Å². The third kappa shape index (κ3) is 4.12. The molecule has 0 saturated heterocycles. The summed E-state index contributed by atoms with van der Waals surface area (Å²) in [5, 5.41) is 14.4. The van der Waals surface area contributed by atoms with E-state index in [1.807, 2.05) is 24.3 Å². The van der Waals surface area contributed by atoms with Crippen LogP contribution in [0.5, 0.6) is 17.2 Å². The van der Waals surface area contributed by atoms with E-state index in [1.54, 1.807) is 26.2 Å². The quantitative estimate of drug-likeness (QED) is 0.490. The monoisotopic (exact) mass is 397 g/mol. The summed E-state index contributed by atoms with van der Waals surface area (Å²) in [5.41, 5.74) is 4.55. The van der Waals surface area contributed by atoms with Gasteiger partial charge in [0.2, 0.25) is 0 Å². The van der Waals surface area contributed by atoms with E-state index < -0.39 is 0 Å². The van der Waals surface area contributed by atoms with Crippen molar-refractivity contribution in [2.75, 3.05) is 14.2 Å². The number of carbonyl (C=O) groups is 1. The Balaban J connectivity index is 1.75. The molecule has 28 heavy (non-hydrogen) atoms. The third-order valence-electron chi connectivity index (χ3n) is 3.92. The van der Waals surface area contributed by atoms with Crippen molar-refractivity contribution in [1.82, 2.24) is 10.4 Å². The number of benzene rings is 2. The van der Waals surface area contributed by atoms with Gasteiger partial charge in [-0.05, 0) is 42.8 Å². The fourth-order valence-electron chi connectivity index (χ4n) is 2.55. The molecule has 0 atom stereocenters. The molecule has 0 saturated carbocycles. The van der Waals surface area contributed by atoms with Crippen molar-refractivity contribution in [3.63, 3.8) is 0 Å². The highest BCUT2D eigenvalue weighted by molar-refractivity contribution is 7.17. The average molecular weight is 397 g/mol. The molecule has 0 fully saturated rings. The lowest BCUT2D eigenvalue weighted by atomic mass is 10.2. The normalized spacial score (nSPS) is 10.8. The Morgan fingerprint density at radius 1 is 1.18 bits per heavy atom. The highest BCUT2D eigenvalue weighted by Crippen LogP contribution is 2.34. The number of amides is 1. The zero-order valence-electron chi connectivity index (χ0n) is 15.6. The molecule has 1 aromatic heterocycles. The van der Waals surface area contributed by atoms with Crippen LogP contribution in [-0.4, -0.2) is 36.4 Å². The van der Waals surface area contributed by atoms with Crippen LogP contribution in [0.2, 0.25) is 0 Å². The van der Waals surface area contributed by atoms with Crippen LogP contribution < -0.4 is 14.9 Å². The first-order chi connectivity index (χ1) is 13.5. The zero-order valence-corrected chi connectivity index (χ0v) is 16.4. The van der Waals surface area contributed by atoms with Crippen LogP contribution in [-0.2, 0) is 0 Å². The van der Waals surface area contributed by atoms with E-state index >= 15 is 0 Å². The van der Waals surface area contributed by atoms with Gasteiger partial charge >= 0.3 is 0 Å². The number of phenolic OH excluding ortho intramolecular Hbond substituents is 1. The Labute approximate surface area is 166 Å². The number of aryl methyl sites for hydroxylation is 1. The smallest absolute Gasteiger partial charge is 0.283 e. The molecule has 0 spiro atoms. The van der Waals surface area contributed by atoms with Gasteiger partial charge in [0.05, 0.1) is 31.7 Å². The maximum atomic E-state index is 12.5. The minimum atomic E-state index is -0.356. The van der Waals surface area contributed by atoms with Gasteiger partial charge in [-0.1, -0.05) is 12.1 Å². The van der Waals surface area contributed by atoms with Gasteiger partial charge in [-0.25, -0.2) is 10.4 Å². The molecule has 7 nitrogen and oxygen atoms in total. The fourth-order valence-corrected chi connectivity index (χ4v) is 3.53. The number of nitrogens with zero attached hydrogens (tertiary/aromatic N) is 2. The Bertz CT molecular complexity index is 1030. The standard InChI is InChI=1S/C20H19N3O4S/c1-12-18(28-20(22-12)14-6-4-5-7-16(14)26-2)19(25)23-21-11-13-8-9-17(27-3)15(24)10-13/h4-11,24H,1-3H3,(H,23,25)/b21-11+. The van der Waals surface area contributed by atoms with Crippen LogP contribution >= 0.6 is 11.3 Å². The van der Waals surface area contributed by atoms with Gasteiger partial charge in [0, 0.05) is 0 Å². The average Bonchev–Trinajstić information content (AvgIpc) is 3.09. The minimum absolute atomic E-state index is 0.00229. The highest BCUT2D eigenvalue weighted by atomic mass is 32.1. The third-order valence-corrected chi connectivity index (χ3v) is 5.11. The number of hydrogen-bond acceptors (Lipinski definition) is 7. The molecule has 144 valence electrons. The van der Waals surface area contributed by atoms with Crippen LogP contribution in [0.15, 0.2) is 47.6 Å². The number of rotatable bonds is 6. The Kier molecular flexibility index (Phi) is 5.90. The molecule has 0 unspecified atom stereocenters. The number of methoxy groups -OCH3 is 2. The summed E-state index contributed by atoms with van der Waals surface area (Å²) in [7, 11) is 3.07. The Hall–Kier alpha value is -3.39. The second-order valence-electron chi connectivity index (χ2n) is 5.76. The Morgan fingerprint density at radius 3 is 2.64 bits per heavy atom. The number of ether oxygens (including phenoxy) is 2. The minimum Gasteiger partial charge on any atom is -0.504 e. The largest absolute Gasteiger partial charge is 0.504 e. The topological polar surface area (TPSA) is 93.0 Å². The lowest BCUT2D eigenvalue weighted by Crippen LogP contribution is -2.17. The molecular weight excluding hydrogens is 378 g/mol. The summed E-state index contributed by atoms with van der Waals surface area (Å²) < 4.78 is 10.4. The maximum Gasteiger partial charge on any atom is 0.283 e. The van der Waals surface area contributed by atoms with E-state index in [1.165, 1.54) is 30.7 Å². The summed E-state index contributed by atoms with van der Waals surface area (Å²) >= 11 is 1.27. The summed E-state index contributed by atoms with van der Waals surface area (Å²) in [6.07, 6.45) is 1.44. The molecule has 0 aliphatic heterocycles. The molecule has 3 rings (SSSR count). The molecule has 8 heteroatoms. The molecule has 2 N–H and O–H groups in total. The number of hydrazone groups is 1. The van der Waals surface area contributed by atoms with Crippen LogP contribution in [0.1, 0.15) is 20.9 Å². The predicted octanol–water partition coefficient (Wildman–Crippen LogP) is 3.61. The number of carbonyl (C=O) groups excluding carboxylic acids is 1. The van der Waals surface area contributed by atoms with Crippen molar-refractivity contribution >= 4 is 23.5 Å². The van der Waals surface area contributed by atoms with Crippen molar-refractivity contribution < 1.29 is 19.4 Å². The molecule has 0 bridgehead atoms. The van der Waals surface area contributed by atoms with Crippen molar-refractivity contribution in [1.29, 1.82) is 0 Å². The maximum absolute atomic E-state index is 12.5. The molecule has 0 radical (unpaired) electrons. The van der Waals surface area contributed by atoms with Gasteiger partial charge in [-0.2, -0.15) is 5.10 Å². The summed E-state index contributed by atoms with van der Waals surface area (Å²) in [6.45, 7) is 1.77. The number of thiazole rings is 1. The molecule has 0 aliphatic carbocycles. The number of hydrogen-bond donors (Lipinski definition) is 2. The number of aromatic hydroxyl groups is 1. The van der Waals surface area contributed by atoms with Gasteiger partial charge in [0.1, 0.15) is 15.6 Å². The molecule has 1 amide bonds. The summed E-state index contributed by atoms with van der Waals surface area (Å²) in [6, 6.07) is 12.3. The van der Waals surface area contributed by atoms with Gasteiger partial charge in [0.25, 0.3) is 5.91 Å². The first-order valence-corrected chi connectivity index (χ1v) is 9.16. The lowest BCUT2D eigenvalue weighted by Gasteiger charge is -2.04. The van der Waals surface area contributed by atoms with Gasteiger partial charge in [-0.15, -0.1) is 11.3 Å².